The lowest BCUT2D eigenvalue weighted by Crippen LogP contribution is -2.24. The first-order chi connectivity index (χ1) is 12.5. The lowest BCUT2D eigenvalue weighted by molar-refractivity contribution is 0.102. The predicted octanol–water partition coefficient (Wildman–Crippen LogP) is 3.78. The maximum Gasteiger partial charge on any atom is 0.256 e. The van der Waals surface area contributed by atoms with Gasteiger partial charge in [-0.25, -0.2) is 13.1 Å². The molecule has 0 aliphatic rings. The molecule has 0 heterocycles. The number of rotatable bonds is 6. The molecular weight excluding hydrogens is 348 g/mol. The summed E-state index contributed by atoms with van der Waals surface area (Å²) in [6, 6.07) is 19.4. The minimum atomic E-state index is -3.51. The number of amides is 1. The van der Waals surface area contributed by atoms with Crippen molar-refractivity contribution in [3.05, 3.63) is 72.3 Å². The van der Waals surface area contributed by atoms with Gasteiger partial charge in [-0.2, -0.15) is 0 Å². The Morgan fingerprint density at radius 3 is 2.35 bits per heavy atom. The van der Waals surface area contributed by atoms with E-state index in [1.165, 1.54) is 12.1 Å². The van der Waals surface area contributed by atoms with E-state index in [0.29, 0.717) is 17.8 Å². The van der Waals surface area contributed by atoms with Crippen LogP contribution in [-0.4, -0.2) is 20.9 Å². The van der Waals surface area contributed by atoms with Crippen molar-refractivity contribution in [2.24, 2.45) is 0 Å². The van der Waals surface area contributed by atoms with Gasteiger partial charge in [0.1, 0.15) is 0 Å². The summed E-state index contributed by atoms with van der Waals surface area (Å²) in [7, 11) is -3.51. The van der Waals surface area contributed by atoms with Crippen LogP contribution in [0.4, 0.5) is 5.69 Å². The smallest absolute Gasteiger partial charge is 0.256 e. The monoisotopic (exact) mass is 368 g/mol. The molecule has 1 amide bonds. The lowest BCUT2D eigenvalue weighted by atomic mass is 10.0. The molecule has 0 radical (unpaired) electrons. The van der Waals surface area contributed by atoms with E-state index in [0.717, 1.165) is 17.2 Å². The van der Waals surface area contributed by atoms with E-state index >= 15 is 0 Å². The van der Waals surface area contributed by atoms with E-state index in [1.807, 2.05) is 43.3 Å². The molecule has 134 valence electrons. The molecule has 0 aliphatic carbocycles. The average molecular weight is 368 g/mol. The van der Waals surface area contributed by atoms with Crippen molar-refractivity contribution in [2.75, 3.05) is 11.9 Å². The standard InChI is InChI=1S/C20H20N2O3S/c1-2-14-21-26(24,25)17-12-10-16(11-13-17)22-20(23)19-9-5-7-15-6-3-4-8-18(15)19/h3-13,21H,2,14H2,1H3,(H,22,23). The Kier molecular flexibility index (Phi) is 5.35. The summed E-state index contributed by atoms with van der Waals surface area (Å²) in [5.74, 6) is -0.235. The number of hydrogen-bond acceptors (Lipinski definition) is 3. The largest absolute Gasteiger partial charge is 0.322 e. The highest BCUT2D eigenvalue weighted by Gasteiger charge is 2.14. The molecule has 26 heavy (non-hydrogen) atoms. The third-order valence-corrected chi connectivity index (χ3v) is 5.48. The highest BCUT2D eigenvalue weighted by molar-refractivity contribution is 7.89. The SMILES string of the molecule is CCCNS(=O)(=O)c1ccc(NC(=O)c2cccc3ccccc23)cc1. The van der Waals surface area contributed by atoms with Crippen LogP contribution >= 0.6 is 0 Å². The summed E-state index contributed by atoms with van der Waals surface area (Å²) >= 11 is 0. The topological polar surface area (TPSA) is 75.3 Å². The molecule has 3 rings (SSSR count). The van der Waals surface area contributed by atoms with Gasteiger partial charge < -0.3 is 5.32 Å². The minimum Gasteiger partial charge on any atom is -0.322 e. The van der Waals surface area contributed by atoms with Crippen LogP contribution in [0.5, 0.6) is 0 Å². The molecule has 0 unspecified atom stereocenters. The summed E-state index contributed by atoms with van der Waals surface area (Å²) in [6.45, 7) is 2.29. The number of benzene rings is 3. The minimum absolute atomic E-state index is 0.175. The Labute approximate surface area is 153 Å². The summed E-state index contributed by atoms with van der Waals surface area (Å²) in [4.78, 5) is 12.8. The number of fused-ring (bicyclic) bond motifs is 1. The third kappa shape index (κ3) is 3.92. The van der Waals surface area contributed by atoms with Crippen LogP contribution in [0, 0.1) is 0 Å². The van der Waals surface area contributed by atoms with Crippen LogP contribution in [0.2, 0.25) is 0 Å². The number of carbonyl (C=O) groups excluding carboxylic acids is 1. The van der Waals surface area contributed by atoms with Crippen LogP contribution < -0.4 is 10.0 Å². The molecule has 0 atom stereocenters. The summed E-state index contributed by atoms with van der Waals surface area (Å²) in [5.41, 5.74) is 1.11. The zero-order valence-corrected chi connectivity index (χ0v) is 15.2. The Hall–Kier alpha value is -2.70. The Morgan fingerprint density at radius 1 is 0.923 bits per heavy atom. The number of sulfonamides is 1. The molecule has 0 aromatic heterocycles. The van der Waals surface area contributed by atoms with Gasteiger partial charge in [0.15, 0.2) is 0 Å². The molecule has 2 N–H and O–H groups in total. The van der Waals surface area contributed by atoms with Crippen molar-refractivity contribution >= 4 is 32.4 Å². The van der Waals surface area contributed by atoms with Gasteiger partial charge in [-0.05, 0) is 47.5 Å². The first kappa shape index (κ1) is 18.1. The van der Waals surface area contributed by atoms with Crippen LogP contribution in [0.1, 0.15) is 23.7 Å². The lowest BCUT2D eigenvalue weighted by Gasteiger charge is -2.09. The van der Waals surface area contributed by atoms with Crippen molar-refractivity contribution in [1.82, 2.24) is 4.72 Å². The van der Waals surface area contributed by atoms with Gasteiger partial charge in [0.2, 0.25) is 10.0 Å². The number of hydrogen-bond donors (Lipinski definition) is 2. The first-order valence-electron chi connectivity index (χ1n) is 8.40. The highest BCUT2D eigenvalue weighted by atomic mass is 32.2. The van der Waals surface area contributed by atoms with Gasteiger partial charge in [0.25, 0.3) is 5.91 Å². The van der Waals surface area contributed by atoms with Crippen molar-refractivity contribution in [3.63, 3.8) is 0 Å². The van der Waals surface area contributed by atoms with Crippen molar-refractivity contribution in [1.29, 1.82) is 0 Å². The molecule has 0 saturated carbocycles. The average Bonchev–Trinajstić information content (AvgIpc) is 2.66. The molecular formula is C20H20N2O3S. The van der Waals surface area contributed by atoms with Crippen LogP contribution in [0.3, 0.4) is 0 Å². The molecule has 0 spiro atoms. The summed E-state index contributed by atoms with van der Waals surface area (Å²) in [6.07, 6.45) is 0.721. The van der Waals surface area contributed by atoms with Crippen LogP contribution in [0.25, 0.3) is 10.8 Å². The van der Waals surface area contributed by atoms with E-state index in [9.17, 15) is 13.2 Å². The van der Waals surface area contributed by atoms with Gasteiger partial charge in [0.05, 0.1) is 4.90 Å². The fourth-order valence-corrected chi connectivity index (χ4v) is 3.79. The molecule has 5 nitrogen and oxygen atoms in total. The summed E-state index contributed by atoms with van der Waals surface area (Å²) < 4.78 is 26.7. The van der Waals surface area contributed by atoms with Gasteiger partial charge in [-0.15, -0.1) is 0 Å². The van der Waals surface area contributed by atoms with E-state index in [4.69, 9.17) is 0 Å². The van der Waals surface area contributed by atoms with E-state index in [2.05, 4.69) is 10.0 Å². The number of anilines is 1. The van der Waals surface area contributed by atoms with Gasteiger partial charge in [-0.1, -0.05) is 43.3 Å². The molecule has 6 heteroatoms. The fraction of sp³-hybridized carbons (Fsp3) is 0.150. The Morgan fingerprint density at radius 2 is 1.62 bits per heavy atom. The molecule has 0 fully saturated rings. The Bertz CT molecular complexity index is 1020. The maximum atomic E-state index is 12.6. The number of nitrogens with one attached hydrogen (secondary N) is 2. The zero-order chi connectivity index (χ0) is 18.6. The van der Waals surface area contributed by atoms with Crippen LogP contribution in [0.15, 0.2) is 71.6 Å². The van der Waals surface area contributed by atoms with Crippen molar-refractivity contribution < 1.29 is 13.2 Å². The van der Waals surface area contributed by atoms with E-state index in [1.54, 1.807) is 18.2 Å². The van der Waals surface area contributed by atoms with E-state index in [-0.39, 0.29) is 10.8 Å². The predicted molar refractivity (Wildman–Crippen MR) is 104 cm³/mol. The third-order valence-electron chi connectivity index (χ3n) is 4.00. The van der Waals surface area contributed by atoms with Gasteiger partial charge in [-0.3, -0.25) is 4.79 Å². The van der Waals surface area contributed by atoms with E-state index < -0.39 is 10.0 Å². The van der Waals surface area contributed by atoms with Crippen molar-refractivity contribution in [3.8, 4) is 0 Å². The zero-order valence-electron chi connectivity index (χ0n) is 14.4. The second-order valence-electron chi connectivity index (χ2n) is 5.90. The molecule has 0 aliphatic heterocycles. The molecule has 3 aromatic carbocycles. The molecule has 0 bridgehead atoms. The normalized spacial score (nSPS) is 11.4. The maximum absolute atomic E-state index is 12.6. The number of carbonyl (C=O) groups is 1. The quantitative estimate of drug-likeness (QED) is 0.695. The molecule has 0 saturated heterocycles. The van der Waals surface area contributed by atoms with Gasteiger partial charge in [0, 0.05) is 17.8 Å². The second kappa shape index (κ2) is 7.68. The summed E-state index contributed by atoms with van der Waals surface area (Å²) in [5, 5.41) is 4.68. The fourth-order valence-electron chi connectivity index (χ4n) is 2.66. The first-order valence-corrected chi connectivity index (χ1v) is 9.88. The van der Waals surface area contributed by atoms with Crippen molar-refractivity contribution in [2.45, 2.75) is 18.2 Å². The Balaban J connectivity index is 1.80. The highest BCUT2D eigenvalue weighted by Crippen LogP contribution is 2.20. The molecule has 3 aromatic rings. The van der Waals surface area contributed by atoms with Gasteiger partial charge >= 0.3 is 0 Å². The van der Waals surface area contributed by atoms with Crippen LogP contribution in [-0.2, 0) is 10.0 Å². The second-order valence-corrected chi connectivity index (χ2v) is 7.67.